The quantitative estimate of drug-likeness (QED) is 0.530. The van der Waals surface area contributed by atoms with Crippen molar-refractivity contribution in [2.24, 2.45) is 10.9 Å². The summed E-state index contributed by atoms with van der Waals surface area (Å²) < 4.78 is 21.7. The molecule has 1 aromatic carbocycles. The van der Waals surface area contributed by atoms with Crippen LogP contribution in [0.1, 0.15) is 5.56 Å². The number of primary sulfonamides is 1. The second-order valence-electron chi connectivity index (χ2n) is 3.54. The van der Waals surface area contributed by atoms with Gasteiger partial charge in [0, 0.05) is 22.7 Å². The molecule has 0 bridgehead atoms. The lowest BCUT2D eigenvalue weighted by atomic mass is 10.1. The third-order valence-electron chi connectivity index (χ3n) is 2.19. The Hall–Kier alpha value is -0.830. The van der Waals surface area contributed by atoms with Gasteiger partial charge in [-0.1, -0.05) is 18.3 Å². The van der Waals surface area contributed by atoms with Crippen molar-refractivity contribution in [3.05, 3.63) is 23.8 Å². The minimum Gasteiger partial charge on any atom is -0.389 e. The average molecular weight is 305 g/mol. The van der Waals surface area contributed by atoms with E-state index in [1.54, 1.807) is 6.07 Å². The number of rotatable bonds is 6. The summed E-state index contributed by atoms with van der Waals surface area (Å²) in [4.78, 5) is 1.22. The molecule has 5 N–H and O–H groups in total. The van der Waals surface area contributed by atoms with Gasteiger partial charge < -0.3 is 11.1 Å². The Morgan fingerprint density at radius 2 is 2.17 bits per heavy atom. The molecule has 0 amide bonds. The normalized spacial score (nSPS) is 11.2. The Morgan fingerprint density at radius 1 is 1.50 bits per heavy atom. The van der Waals surface area contributed by atoms with Crippen LogP contribution in [0.5, 0.6) is 0 Å². The fraction of sp³-hybridized carbons (Fsp3) is 0.300. The van der Waals surface area contributed by atoms with Gasteiger partial charge in [-0.05, 0) is 18.4 Å². The molecule has 100 valence electrons. The van der Waals surface area contributed by atoms with Gasteiger partial charge in [-0.2, -0.15) is 0 Å². The first-order valence-corrected chi connectivity index (χ1v) is 8.41. The summed E-state index contributed by atoms with van der Waals surface area (Å²) in [6.45, 7) is 0.215. The van der Waals surface area contributed by atoms with Gasteiger partial charge in [-0.25, -0.2) is 13.6 Å². The highest BCUT2D eigenvalue weighted by Gasteiger charge is 2.11. The predicted molar refractivity (Wildman–Crippen MR) is 80.6 cm³/mol. The van der Waals surface area contributed by atoms with Crippen LogP contribution in [0.4, 0.5) is 5.69 Å². The second kappa shape index (κ2) is 6.37. The standard InChI is InChI=1S/C10H15N3O2S3/c1-17-8-4-2-3-7(9(8)10(11)16)13-5-6-18(12,14)15/h2-4,13H,5-6H2,1H3,(H2,11,16)(H2,12,14,15). The van der Waals surface area contributed by atoms with E-state index in [9.17, 15) is 8.42 Å². The molecule has 18 heavy (non-hydrogen) atoms. The maximum atomic E-state index is 10.8. The van der Waals surface area contributed by atoms with E-state index in [0.717, 1.165) is 16.1 Å². The molecule has 0 atom stereocenters. The number of thiocarbonyl (C=S) groups is 1. The van der Waals surface area contributed by atoms with E-state index in [4.69, 9.17) is 23.1 Å². The van der Waals surface area contributed by atoms with Crippen LogP contribution < -0.4 is 16.2 Å². The summed E-state index contributed by atoms with van der Waals surface area (Å²) in [7, 11) is -3.47. The van der Waals surface area contributed by atoms with E-state index in [1.165, 1.54) is 11.8 Å². The highest BCUT2D eigenvalue weighted by atomic mass is 32.2. The lowest BCUT2D eigenvalue weighted by Crippen LogP contribution is -2.23. The van der Waals surface area contributed by atoms with Crippen LogP contribution in [0.3, 0.4) is 0 Å². The highest BCUT2D eigenvalue weighted by molar-refractivity contribution is 7.98. The molecular weight excluding hydrogens is 290 g/mol. The molecule has 0 saturated carbocycles. The van der Waals surface area contributed by atoms with Crippen molar-refractivity contribution in [1.29, 1.82) is 0 Å². The average Bonchev–Trinajstić information content (AvgIpc) is 2.26. The van der Waals surface area contributed by atoms with Crippen LogP contribution in [0, 0.1) is 0 Å². The first kappa shape index (κ1) is 15.2. The van der Waals surface area contributed by atoms with Crippen molar-refractivity contribution in [3.63, 3.8) is 0 Å². The van der Waals surface area contributed by atoms with E-state index in [0.29, 0.717) is 0 Å². The van der Waals surface area contributed by atoms with E-state index >= 15 is 0 Å². The zero-order valence-corrected chi connectivity index (χ0v) is 12.3. The molecule has 0 aliphatic rings. The minimum absolute atomic E-state index is 0.146. The van der Waals surface area contributed by atoms with Gasteiger partial charge in [-0.3, -0.25) is 0 Å². The van der Waals surface area contributed by atoms with Crippen LogP contribution in [0.15, 0.2) is 23.1 Å². The second-order valence-corrected chi connectivity index (χ2v) is 6.56. The van der Waals surface area contributed by atoms with Gasteiger partial charge >= 0.3 is 0 Å². The van der Waals surface area contributed by atoms with Gasteiger partial charge in [0.2, 0.25) is 10.0 Å². The number of thioether (sulfide) groups is 1. The van der Waals surface area contributed by atoms with Crippen molar-refractivity contribution >= 4 is 44.7 Å². The molecule has 1 aromatic rings. The molecule has 0 saturated heterocycles. The Labute approximate surface area is 116 Å². The molecule has 0 unspecified atom stereocenters. The fourth-order valence-corrected chi connectivity index (χ4v) is 2.74. The zero-order valence-electron chi connectivity index (χ0n) is 9.84. The first-order valence-electron chi connectivity index (χ1n) is 5.06. The Kier molecular flexibility index (Phi) is 5.39. The molecule has 5 nitrogen and oxygen atoms in total. The predicted octanol–water partition coefficient (Wildman–Crippen LogP) is 0.743. The third kappa shape index (κ3) is 4.45. The molecule has 0 aliphatic heterocycles. The van der Waals surface area contributed by atoms with Crippen LogP contribution in [-0.2, 0) is 10.0 Å². The summed E-state index contributed by atoms with van der Waals surface area (Å²) in [5.74, 6) is -0.146. The molecular formula is C10H15N3O2S3. The molecule has 0 heterocycles. The summed E-state index contributed by atoms with van der Waals surface area (Å²) >= 11 is 6.54. The summed E-state index contributed by atoms with van der Waals surface area (Å²) in [5.41, 5.74) is 7.13. The van der Waals surface area contributed by atoms with Gasteiger partial charge in [0.15, 0.2) is 0 Å². The number of anilines is 1. The van der Waals surface area contributed by atoms with Gasteiger partial charge in [0.1, 0.15) is 4.99 Å². The lowest BCUT2D eigenvalue weighted by molar-refractivity contribution is 0.598. The third-order valence-corrected chi connectivity index (χ3v) is 3.95. The van der Waals surface area contributed by atoms with E-state index in [2.05, 4.69) is 5.32 Å². The van der Waals surface area contributed by atoms with E-state index in [1.807, 2.05) is 18.4 Å². The minimum atomic E-state index is -3.47. The van der Waals surface area contributed by atoms with Crippen molar-refractivity contribution in [3.8, 4) is 0 Å². The largest absolute Gasteiger partial charge is 0.389 e. The number of hydrogen-bond donors (Lipinski definition) is 3. The van der Waals surface area contributed by atoms with Crippen LogP contribution in [0.25, 0.3) is 0 Å². The van der Waals surface area contributed by atoms with Crippen molar-refractivity contribution < 1.29 is 8.42 Å². The Bertz CT molecular complexity index is 543. The molecule has 0 fully saturated rings. The Balaban J connectivity index is 2.92. The summed E-state index contributed by atoms with van der Waals surface area (Å²) in [6.07, 6.45) is 1.92. The summed E-state index contributed by atoms with van der Waals surface area (Å²) in [6, 6.07) is 5.56. The van der Waals surface area contributed by atoms with Crippen LogP contribution >= 0.6 is 24.0 Å². The highest BCUT2D eigenvalue weighted by Crippen LogP contribution is 2.26. The molecule has 0 aliphatic carbocycles. The van der Waals surface area contributed by atoms with Crippen molar-refractivity contribution in [1.82, 2.24) is 0 Å². The monoisotopic (exact) mass is 305 g/mol. The number of nitrogens with two attached hydrogens (primary N) is 2. The number of hydrogen-bond acceptors (Lipinski definition) is 5. The first-order chi connectivity index (χ1) is 8.35. The number of nitrogens with one attached hydrogen (secondary N) is 1. The zero-order chi connectivity index (χ0) is 13.8. The van der Waals surface area contributed by atoms with Crippen LogP contribution in [-0.4, -0.2) is 32.0 Å². The Morgan fingerprint density at radius 3 is 2.67 bits per heavy atom. The lowest BCUT2D eigenvalue weighted by Gasteiger charge is -2.13. The molecule has 0 radical (unpaired) electrons. The van der Waals surface area contributed by atoms with Gasteiger partial charge in [-0.15, -0.1) is 11.8 Å². The van der Waals surface area contributed by atoms with Gasteiger partial charge in [0.25, 0.3) is 0 Å². The molecule has 8 heteroatoms. The maximum Gasteiger partial charge on any atom is 0.210 e. The SMILES string of the molecule is CSc1cccc(NCCS(N)(=O)=O)c1C(N)=S. The molecule has 0 aromatic heterocycles. The van der Waals surface area contributed by atoms with E-state index in [-0.39, 0.29) is 17.3 Å². The van der Waals surface area contributed by atoms with Crippen LogP contribution in [0.2, 0.25) is 0 Å². The van der Waals surface area contributed by atoms with Crippen molar-refractivity contribution in [2.75, 3.05) is 23.9 Å². The van der Waals surface area contributed by atoms with Gasteiger partial charge in [0.05, 0.1) is 5.75 Å². The number of sulfonamides is 1. The summed E-state index contributed by atoms with van der Waals surface area (Å²) in [5, 5.41) is 7.92. The molecule has 1 rings (SSSR count). The van der Waals surface area contributed by atoms with Crippen molar-refractivity contribution in [2.45, 2.75) is 4.90 Å². The maximum absolute atomic E-state index is 10.8. The number of benzene rings is 1. The topological polar surface area (TPSA) is 98.2 Å². The van der Waals surface area contributed by atoms with E-state index < -0.39 is 10.0 Å². The smallest absolute Gasteiger partial charge is 0.210 e. The fourth-order valence-electron chi connectivity index (χ4n) is 1.43. The molecule has 0 spiro atoms.